The molecule has 2 N–H and O–H groups in total. The van der Waals surface area contributed by atoms with Gasteiger partial charge in [-0.3, -0.25) is 15.2 Å². The van der Waals surface area contributed by atoms with Crippen LogP contribution in [0.3, 0.4) is 0 Å². The quantitative estimate of drug-likeness (QED) is 0.351. The van der Waals surface area contributed by atoms with Crippen LogP contribution in [0.2, 0.25) is 1.41 Å². The van der Waals surface area contributed by atoms with Gasteiger partial charge >= 0.3 is 12.3 Å². The van der Waals surface area contributed by atoms with Crippen LogP contribution in [0.5, 0.6) is 11.6 Å². The van der Waals surface area contributed by atoms with E-state index in [9.17, 15) is 19.7 Å². The summed E-state index contributed by atoms with van der Waals surface area (Å²) in [6.45, 7) is 0. The van der Waals surface area contributed by atoms with Crippen molar-refractivity contribution < 1.29 is 35.2 Å². The van der Waals surface area contributed by atoms with E-state index in [0.717, 1.165) is 42.9 Å². The highest BCUT2D eigenvalue weighted by Crippen LogP contribution is 2.21. The van der Waals surface area contributed by atoms with Crippen LogP contribution in [0.1, 0.15) is 25.7 Å². The van der Waals surface area contributed by atoms with E-state index >= 15 is 0 Å². The predicted octanol–water partition coefficient (Wildman–Crippen LogP) is 3.52. The third kappa shape index (κ3) is 7.02. The van der Waals surface area contributed by atoms with Crippen molar-refractivity contribution in [3.05, 3.63) is 46.6 Å². The molecule has 0 aliphatic heterocycles. The van der Waals surface area contributed by atoms with E-state index in [4.69, 9.17) is 16.0 Å². The number of carbonyl (C=O) groups excluding carboxylic acids is 1. The van der Waals surface area contributed by atoms with Crippen LogP contribution in [0.15, 0.2) is 36.5 Å². The average molecular weight is 380 g/mol. The molecular weight excluding hydrogens is 362 g/mol. The van der Waals surface area contributed by atoms with Gasteiger partial charge in [-0.15, -0.1) is 5.10 Å². The highest BCUT2D eigenvalue weighted by molar-refractivity contribution is 5.63. The van der Waals surface area contributed by atoms with Crippen molar-refractivity contribution in [3.63, 3.8) is 0 Å². The lowest BCUT2D eigenvalue weighted by atomic mass is 10.3. The number of benzene rings is 1. The number of H-pyrrole nitrogens is 1. The van der Waals surface area contributed by atoms with E-state index in [-0.39, 0.29) is 23.4 Å². The molecule has 1 aliphatic rings. The molecule has 11 heteroatoms. The molecule has 1 fully saturated rings. The largest absolute Gasteiger partial charge is 0.515 e. The summed E-state index contributed by atoms with van der Waals surface area (Å²) in [6.07, 6.45) is 3.17. The summed E-state index contributed by atoms with van der Waals surface area (Å²) in [5, 5.41) is 22.8. The number of hydrogen-bond acceptors (Lipinski definition) is 8. The number of ether oxygens (including phenoxy) is 3. The Morgan fingerprint density at radius 2 is 1.89 bits per heavy atom. The lowest BCUT2D eigenvalue weighted by Gasteiger charge is -2.09. The molecule has 1 saturated carbocycles. The minimum absolute atomic E-state index is 0.0180. The van der Waals surface area contributed by atoms with Crippen molar-refractivity contribution in [1.29, 1.82) is 0 Å². The number of hydrogen-bond donors (Lipinski definition) is 2. The molecule has 0 radical (unpaired) electrons. The van der Waals surface area contributed by atoms with E-state index in [0.29, 0.717) is 0 Å². The van der Waals surface area contributed by atoms with Crippen LogP contribution in [0, 0.1) is 10.1 Å². The lowest BCUT2D eigenvalue weighted by molar-refractivity contribution is -0.384. The maximum Gasteiger partial charge on any atom is 0.515 e. The molecule has 0 bridgehead atoms. The fourth-order valence-electron chi connectivity index (χ4n) is 2.26. The number of nitro benzene ring substituents is 1. The summed E-state index contributed by atoms with van der Waals surface area (Å²) in [5.41, 5.74) is -0.113. The number of nitro groups is 1. The number of rotatable bonds is 4. The molecule has 3 rings (SSSR count). The normalized spacial score (nSPS) is 13.7. The van der Waals surface area contributed by atoms with Crippen molar-refractivity contribution in [3.8, 4) is 11.6 Å². The minimum Gasteiger partial charge on any atom is -0.449 e. The lowest BCUT2D eigenvalue weighted by Crippen LogP contribution is -2.18. The molecule has 1 aromatic carbocycles. The van der Waals surface area contributed by atoms with Gasteiger partial charge in [0, 0.05) is 24.4 Å². The zero-order chi connectivity index (χ0) is 20.5. The van der Waals surface area contributed by atoms with Gasteiger partial charge in [0.25, 0.3) is 5.69 Å². The zero-order valence-electron chi connectivity index (χ0n) is 15.0. The Labute approximate surface area is 154 Å². The van der Waals surface area contributed by atoms with Crippen LogP contribution in [0.4, 0.5) is 15.3 Å². The molecule has 1 aromatic heterocycles. The molecule has 2 aromatic rings. The number of carbonyl (C=O) groups is 2. The first kappa shape index (κ1) is 18.2. The van der Waals surface area contributed by atoms with Crippen LogP contribution in [-0.2, 0) is 4.74 Å². The summed E-state index contributed by atoms with van der Waals surface area (Å²) >= 11 is 0. The average Bonchev–Trinajstić information content (AvgIpc) is 3.27. The Kier molecular flexibility index (Phi) is 6.56. The standard InChI is InChI=1S/C9H12N2O3.C7H5NO5/c12-9(13-7-3-1-2-4-7)14-8-5-6-10-11-8;9-7(10)13-6-3-1-5(2-4-6)8(11)12/h5-7H,1-4H2,(H,10,11);1-4H,(H,9,10)/i/hD. The van der Waals surface area contributed by atoms with Crippen molar-refractivity contribution >= 4 is 18.0 Å². The van der Waals surface area contributed by atoms with Gasteiger partial charge in [0.1, 0.15) is 11.9 Å². The Morgan fingerprint density at radius 1 is 1.22 bits per heavy atom. The molecule has 1 heterocycles. The van der Waals surface area contributed by atoms with Crippen LogP contribution < -0.4 is 9.47 Å². The second kappa shape index (κ2) is 9.75. The number of non-ortho nitro benzene ring substituents is 1. The molecular formula is C16H17N3O8. The summed E-state index contributed by atoms with van der Waals surface area (Å²) in [5.74, 6) is 0.145. The third-order valence-corrected chi connectivity index (χ3v) is 3.45. The molecule has 0 atom stereocenters. The summed E-state index contributed by atoms with van der Waals surface area (Å²) in [6, 6.07) is 6.19. The number of aromatic nitrogens is 2. The van der Waals surface area contributed by atoms with Gasteiger partial charge in [0.2, 0.25) is 5.88 Å². The van der Waals surface area contributed by atoms with Crippen molar-refractivity contribution in [2.45, 2.75) is 31.8 Å². The van der Waals surface area contributed by atoms with E-state index < -0.39 is 17.2 Å². The van der Waals surface area contributed by atoms with E-state index in [1.165, 1.54) is 24.4 Å². The van der Waals surface area contributed by atoms with E-state index in [1.807, 2.05) is 0 Å². The Bertz CT molecular complexity index is 818. The van der Waals surface area contributed by atoms with Gasteiger partial charge in [-0.2, -0.15) is 0 Å². The maximum atomic E-state index is 11.2. The van der Waals surface area contributed by atoms with Gasteiger partial charge in [-0.05, 0) is 37.8 Å². The number of carboxylic acid groups (broad SMARTS) is 1. The van der Waals surface area contributed by atoms with Gasteiger partial charge < -0.3 is 19.3 Å². The first-order valence-corrected chi connectivity index (χ1v) is 7.92. The van der Waals surface area contributed by atoms with Crippen molar-refractivity contribution in [2.75, 3.05) is 0 Å². The first-order valence-electron chi connectivity index (χ1n) is 8.37. The third-order valence-electron chi connectivity index (χ3n) is 3.45. The molecule has 0 unspecified atom stereocenters. The van der Waals surface area contributed by atoms with Gasteiger partial charge in [-0.1, -0.05) is 0 Å². The first-order chi connectivity index (χ1) is 13.3. The second-order valence-electron chi connectivity index (χ2n) is 5.36. The number of aromatic amines is 1. The number of nitrogens with one attached hydrogen (secondary N) is 1. The second-order valence-corrected chi connectivity index (χ2v) is 5.36. The molecule has 1 aliphatic carbocycles. The summed E-state index contributed by atoms with van der Waals surface area (Å²) in [7, 11) is 0. The van der Waals surface area contributed by atoms with Gasteiger partial charge in [0.15, 0.2) is 1.41 Å². The maximum absolute atomic E-state index is 11.2. The Balaban J connectivity index is 0.000000203. The Hall–Kier alpha value is -3.63. The smallest absolute Gasteiger partial charge is 0.449 e. The predicted molar refractivity (Wildman–Crippen MR) is 89.7 cm³/mol. The van der Waals surface area contributed by atoms with Crippen LogP contribution in [-0.4, -0.2) is 38.6 Å². The van der Waals surface area contributed by atoms with Crippen molar-refractivity contribution in [2.24, 2.45) is 0 Å². The van der Waals surface area contributed by atoms with E-state index in [2.05, 4.69) is 9.84 Å². The summed E-state index contributed by atoms with van der Waals surface area (Å²) in [4.78, 5) is 30.9. The van der Waals surface area contributed by atoms with Crippen LogP contribution in [0.25, 0.3) is 0 Å². The fraction of sp³-hybridized carbons (Fsp3) is 0.312. The zero-order valence-corrected chi connectivity index (χ0v) is 14.0. The monoisotopic (exact) mass is 380 g/mol. The van der Waals surface area contributed by atoms with E-state index in [1.54, 1.807) is 0 Å². The minimum atomic E-state index is -1.45. The van der Waals surface area contributed by atoms with Crippen molar-refractivity contribution in [1.82, 2.24) is 10.2 Å². The SMILES string of the molecule is O=C(O)Oc1ccc([N+](=O)[O-])cc1.[2H]n1ccc(OC(=O)OC2CCCC2)n1. The highest BCUT2D eigenvalue weighted by atomic mass is 16.7. The Morgan fingerprint density at radius 3 is 2.41 bits per heavy atom. The summed E-state index contributed by atoms with van der Waals surface area (Å²) < 4.78 is 21.1. The molecule has 11 nitrogen and oxygen atoms in total. The molecule has 27 heavy (non-hydrogen) atoms. The fourth-order valence-corrected chi connectivity index (χ4v) is 2.26. The molecule has 0 saturated heterocycles. The van der Waals surface area contributed by atoms with Gasteiger partial charge in [-0.25, -0.2) is 9.59 Å². The van der Waals surface area contributed by atoms with Gasteiger partial charge in [0.05, 0.1) is 4.92 Å². The topological polar surface area (TPSA) is 154 Å². The van der Waals surface area contributed by atoms with Crippen LogP contribution >= 0.6 is 0 Å². The molecule has 144 valence electrons. The molecule has 0 spiro atoms. The highest BCUT2D eigenvalue weighted by Gasteiger charge is 2.20. The number of nitrogens with zero attached hydrogens (tertiary/aromatic N) is 2. The molecule has 0 amide bonds.